The number of benzene rings is 1. The van der Waals surface area contributed by atoms with Gasteiger partial charge in [0.05, 0.1) is 6.04 Å². The third-order valence-corrected chi connectivity index (χ3v) is 4.85. The summed E-state index contributed by atoms with van der Waals surface area (Å²) in [5.41, 5.74) is 1.94. The van der Waals surface area contributed by atoms with Gasteiger partial charge in [-0.1, -0.05) is 28.1 Å². The molecule has 1 aromatic carbocycles. The second kappa shape index (κ2) is 5.83. The van der Waals surface area contributed by atoms with Crippen LogP contribution in [0.25, 0.3) is 0 Å². The average molecular weight is 365 g/mol. The number of thiazole rings is 1. The Balaban J connectivity index is 2.37. The summed E-state index contributed by atoms with van der Waals surface area (Å²) in [6.45, 7) is 1.94. The van der Waals surface area contributed by atoms with Crippen molar-refractivity contribution in [3.63, 3.8) is 0 Å². The zero-order valence-electron chi connectivity index (χ0n) is 10.8. The molecule has 0 aliphatic carbocycles. The van der Waals surface area contributed by atoms with Gasteiger partial charge in [0.15, 0.2) is 5.01 Å². The molecule has 0 radical (unpaired) electrons. The van der Waals surface area contributed by atoms with Crippen molar-refractivity contribution >= 4 is 27.3 Å². The first-order chi connectivity index (χ1) is 9.32. The van der Waals surface area contributed by atoms with Crippen molar-refractivity contribution in [3.05, 3.63) is 49.9 Å². The molecule has 0 fully saturated rings. The van der Waals surface area contributed by atoms with E-state index in [4.69, 9.17) is 0 Å². The van der Waals surface area contributed by atoms with Crippen LogP contribution in [0.15, 0.2) is 28.9 Å². The summed E-state index contributed by atoms with van der Waals surface area (Å²) in [6, 6.07) is 5.42. The van der Waals surface area contributed by atoms with Crippen molar-refractivity contribution in [3.8, 4) is 0 Å². The Hall–Kier alpha value is -0.920. The van der Waals surface area contributed by atoms with Gasteiger partial charge in [0, 0.05) is 15.5 Å². The molecule has 1 heterocycles. The Labute approximate surface area is 127 Å². The number of hydrogen-bond acceptors (Lipinski definition) is 3. The van der Waals surface area contributed by atoms with Gasteiger partial charge in [-0.2, -0.15) is 13.2 Å². The smallest absolute Gasteiger partial charge is 0.309 e. The minimum absolute atomic E-state index is 0.296. The molecule has 0 bridgehead atoms. The molecule has 0 spiro atoms. The van der Waals surface area contributed by atoms with Crippen molar-refractivity contribution < 1.29 is 13.2 Å². The molecule has 7 heteroatoms. The van der Waals surface area contributed by atoms with Crippen LogP contribution in [0.1, 0.15) is 27.1 Å². The van der Waals surface area contributed by atoms with Crippen LogP contribution >= 0.6 is 27.3 Å². The lowest BCUT2D eigenvalue weighted by molar-refractivity contribution is -0.137. The molecule has 1 unspecified atom stereocenters. The Kier molecular flexibility index (Phi) is 4.51. The lowest BCUT2D eigenvalue weighted by Gasteiger charge is -2.15. The maximum atomic E-state index is 12.6. The van der Waals surface area contributed by atoms with Gasteiger partial charge in [-0.05, 0) is 31.2 Å². The highest BCUT2D eigenvalue weighted by Gasteiger charge is 2.35. The number of aryl methyl sites for hydroxylation is 1. The van der Waals surface area contributed by atoms with Crippen LogP contribution in [-0.4, -0.2) is 12.0 Å². The summed E-state index contributed by atoms with van der Waals surface area (Å²) >= 11 is 4.08. The molecule has 0 aliphatic heterocycles. The second-order valence-electron chi connectivity index (χ2n) is 4.30. The molecule has 1 N–H and O–H groups in total. The fourth-order valence-corrected chi connectivity index (χ4v) is 3.04. The normalized spacial score (nSPS) is 13.5. The maximum Gasteiger partial charge on any atom is 0.443 e. The Morgan fingerprint density at radius 1 is 1.35 bits per heavy atom. The molecule has 0 amide bonds. The van der Waals surface area contributed by atoms with Crippen LogP contribution in [0.5, 0.6) is 0 Å². The summed E-state index contributed by atoms with van der Waals surface area (Å²) in [5.74, 6) is 0. The van der Waals surface area contributed by atoms with Gasteiger partial charge in [-0.15, -0.1) is 11.3 Å². The lowest BCUT2D eigenvalue weighted by Crippen LogP contribution is -2.16. The Bertz CT molecular complexity index is 610. The number of aromatic nitrogens is 1. The molecule has 1 atom stereocenters. The number of nitrogens with zero attached hydrogens (tertiary/aromatic N) is 1. The summed E-state index contributed by atoms with van der Waals surface area (Å²) in [7, 11) is 1.72. The molecule has 0 saturated carbocycles. The monoisotopic (exact) mass is 364 g/mol. The van der Waals surface area contributed by atoms with E-state index in [1.807, 2.05) is 25.1 Å². The number of halogens is 4. The average Bonchev–Trinajstić information content (AvgIpc) is 2.84. The fraction of sp³-hybridized carbons (Fsp3) is 0.308. The highest BCUT2D eigenvalue weighted by Crippen LogP contribution is 2.36. The number of rotatable bonds is 3. The molecule has 1 aromatic heterocycles. The summed E-state index contributed by atoms with van der Waals surface area (Å²) in [5, 5.41) is 2.22. The van der Waals surface area contributed by atoms with Crippen LogP contribution in [0.2, 0.25) is 0 Å². The minimum atomic E-state index is -4.39. The van der Waals surface area contributed by atoms with Crippen LogP contribution in [0, 0.1) is 6.92 Å². The topological polar surface area (TPSA) is 24.9 Å². The number of nitrogens with one attached hydrogen (secondary N) is 1. The van der Waals surface area contributed by atoms with E-state index in [2.05, 4.69) is 26.2 Å². The standard InChI is InChI=1S/C13H12BrF3N2S/c1-7-5-8(3-4-9(7)14)11(18-2)10-6-19-12(20-10)13(15,16)17/h3-6,11,18H,1-2H3. The highest BCUT2D eigenvalue weighted by atomic mass is 79.9. The molecular weight excluding hydrogens is 353 g/mol. The van der Waals surface area contributed by atoms with Crippen molar-refractivity contribution in [1.29, 1.82) is 0 Å². The molecular formula is C13H12BrF3N2S. The Morgan fingerprint density at radius 3 is 2.55 bits per heavy atom. The first-order valence-corrected chi connectivity index (χ1v) is 7.40. The van der Waals surface area contributed by atoms with Crippen molar-refractivity contribution in [1.82, 2.24) is 10.3 Å². The zero-order chi connectivity index (χ0) is 14.9. The van der Waals surface area contributed by atoms with E-state index in [0.29, 0.717) is 16.2 Å². The molecule has 2 rings (SSSR count). The van der Waals surface area contributed by atoms with E-state index in [1.165, 1.54) is 6.20 Å². The van der Waals surface area contributed by atoms with Crippen LogP contribution in [-0.2, 0) is 6.18 Å². The van der Waals surface area contributed by atoms with Crippen LogP contribution in [0.4, 0.5) is 13.2 Å². The van der Waals surface area contributed by atoms with Gasteiger partial charge < -0.3 is 5.32 Å². The van der Waals surface area contributed by atoms with E-state index in [-0.39, 0.29) is 6.04 Å². The number of hydrogen-bond donors (Lipinski definition) is 1. The van der Waals surface area contributed by atoms with Crippen molar-refractivity contribution in [2.75, 3.05) is 7.05 Å². The fourth-order valence-electron chi connectivity index (χ4n) is 1.87. The largest absolute Gasteiger partial charge is 0.443 e. The highest BCUT2D eigenvalue weighted by molar-refractivity contribution is 9.10. The molecule has 2 nitrogen and oxygen atoms in total. The van der Waals surface area contributed by atoms with Gasteiger partial charge in [0.1, 0.15) is 0 Å². The van der Waals surface area contributed by atoms with Gasteiger partial charge in [0.25, 0.3) is 0 Å². The van der Waals surface area contributed by atoms with Gasteiger partial charge in [-0.25, -0.2) is 4.98 Å². The quantitative estimate of drug-likeness (QED) is 0.864. The summed E-state index contributed by atoms with van der Waals surface area (Å²) in [6.07, 6.45) is -3.11. The zero-order valence-corrected chi connectivity index (χ0v) is 13.2. The third kappa shape index (κ3) is 3.21. The van der Waals surface area contributed by atoms with Crippen molar-refractivity contribution in [2.45, 2.75) is 19.1 Å². The van der Waals surface area contributed by atoms with Gasteiger partial charge in [0.2, 0.25) is 0 Å². The minimum Gasteiger partial charge on any atom is -0.309 e. The molecule has 20 heavy (non-hydrogen) atoms. The van der Waals surface area contributed by atoms with Crippen LogP contribution in [0.3, 0.4) is 0 Å². The van der Waals surface area contributed by atoms with E-state index in [1.54, 1.807) is 7.05 Å². The molecule has 0 aliphatic rings. The molecule has 2 aromatic rings. The van der Waals surface area contributed by atoms with E-state index in [0.717, 1.165) is 15.6 Å². The summed E-state index contributed by atoms with van der Waals surface area (Å²) < 4.78 is 38.8. The predicted molar refractivity (Wildman–Crippen MR) is 76.9 cm³/mol. The van der Waals surface area contributed by atoms with E-state index in [9.17, 15) is 13.2 Å². The predicted octanol–water partition coefficient (Wildman–Crippen LogP) is 4.54. The first kappa shape index (κ1) is 15.5. The SMILES string of the molecule is CNC(c1ccc(Br)c(C)c1)c1cnc(C(F)(F)F)s1. The first-order valence-electron chi connectivity index (χ1n) is 5.79. The third-order valence-electron chi connectivity index (χ3n) is 2.85. The van der Waals surface area contributed by atoms with Crippen LogP contribution < -0.4 is 5.32 Å². The van der Waals surface area contributed by atoms with E-state index < -0.39 is 11.2 Å². The maximum absolute atomic E-state index is 12.6. The summed E-state index contributed by atoms with van der Waals surface area (Å²) in [4.78, 5) is 4.01. The van der Waals surface area contributed by atoms with Crippen molar-refractivity contribution in [2.24, 2.45) is 0 Å². The Morgan fingerprint density at radius 2 is 2.05 bits per heavy atom. The lowest BCUT2D eigenvalue weighted by atomic mass is 10.0. The molecule has 108 valence electrons. The van der Waals surface area contributed by atoms with E-state index >= 15 is 0 Å². The van der Waals surface area contributed by atoms with Gasteiger partial charge >= 0.3 is 6.18 Å². The second-order valence-corrected chi connectivity index (χ2v) is 6.21. The number of alkyl halides is 3. The molecule has 0 saturated heterocycles. The van der Waals surface area contributed by atoms with Gasteiger partial charge in [-0.3, -0.25) is 0 Å².